The summed E-state index contributed by atoms with van der Waals surface area (Å²) in [4.78, 5) is 4.58. The Kier molecular flexibility index (Phi) is 4.60. The lowest BCUT2D eigenvalue weighted by Crippen LogP contribution is -2.09. The average Bonchev–Trinajstić information content (AvgIpc) is 2.76. The first-order valence-corrected chi connectivity index (χ1v) is 7.20. The maximum atomic E-state index is 12.8. The number of aryl methyl sites for hydroxylation is 1. The Labute approximate surface area is 123 Å². The van der Waals surface area contributed by atoms with Crippen molar-refractivity contribution < 1.29 is 8.78 Å². The fraction of sp³-hybridized carbons (Fsp3) is 0.438. The van der Waals surface area contributed by atoms with Crippen LogP contribution in [0.25, 0.3) is 11.3 Å². The molecule has 0 aliphatic rings. The third kappa shape index (κ3) is 3.06. The fourth-order valence-corrected chi connectivity index (χ4v) is 2.50. The molecule has 0 unspecified atom stereocenters. The van der Waals surface area contributed by atoms with E-state index in [0.29, 0.717) is 17.1 Å². The van der Waals surface area contributed by atoms with Crippen molar-refractivity contribution in [3.05, 3.63) is 35.7 Å². The Hall–Kier alpha value is -1.91. The Balaban J connectivity index is 2.54. The van der Waals surface area contributed by atoms with Gasteiger partial charge in [0.25, 0.3) is 6.43 Å². The number of alkyl halides is 2. The normalized spacial score (nSPS) is 11.6. The first-order valence-electron chi connectivity index (χ1n) is 7.20. The minimum atomic E-state index is -2.49. The van der Waals surface area contributed by atoms with E-state index < -0.39 is 6.43 Å². The van der Waals surface area contributed by atoms with Crippen LogP contribution in [-0.2, 0) is 6.42 Å². The van der Waals surface area contributed by atoms with Gasteiger partial charge in [0, 0.05) is 23.6 Å². The Bertz CT molecular complexity index is 618. The summed E-state index contributed by atoms with van der Waals surface area (Å²) in [6.45, 7) is 6.15. The van der Waals surface area contributed by atoms with Gasteiger partial charge in [0.2, 0.25) is 0 Å². The highest BCUT2D eigenvalue weighted by molar-refractivity contribution is 5.71. The summed E-state index contributed by atoms with van der Waals surface area (Å²) in [6, 6.07) is 6.45. The topological polar surface area (TPSA) is 43.8 Å². The van der Waals surface area contributed by atoms with E-state index in [2.05, 4.69) is 11.9 Å². The zero-order chi connectivity index (χ0) is 15.6. The van der Waals surface area contributed by atoms with E-state index in [1.54, 1.807) is 12.1 Å². The van der Waals surface area contributed by atoms with Crippen LogP contribution < -0.4 is 5.73 Å². The molecule has 114 valence electrons. The van der Waals surface area contributed by atoms with Crippen molar-refractivity contribution in [2.75, 3.05) is 5.73 Å². The zero-order valence-corrected chi connectivity index (χ0v) is 12.6. The van der Waals surface area contributed by atoms with E-state index in [1.165, 1.54) is 12.1 Å². The molecule has 0 aliphatic carbocycles. The molecule has 0 spiro atoms. The van der Waals surface area contributed by atoms with Gasteiger partial charge >= 0.3 is 0 Å². The number of nitrogen functional groups attached to an aromatic ring is 1. The molecule has 0 saturated carbocycles. The number of halogens is 2. The van der Waals surface area contributed by atoms with Crippen molar-refractivity contribution >= 4 is 5.82 Å². The molecule has 5 heteroatoms. The van der Waals surface area contributed by atoms with Crippen molar-refractivity contribution in [2.24, 2.45) is 0 Å². The predicted molar refractivity (Wildman–Crippen MR) is 81.4 cm³/mol. The first-order chi connectivity index (χ1) is 9.95. The molecular formula is C16H21F2N3. The van der Waals surface area contributed by atoms with E-state index in [-0.39, 0.29) is 11.6 Å². The molecule has 3 nitrogen and oxygen atoms in total. The minimum absolute atomic E-state index is 0.0111. The summed E-state index contributed by atoms with van der Waals surface area (Å²) in [5.74, 6) is 1.45. The van der Waals surface area contributed by atoms with Crippen LogP contribution in [-0.4, -0.2) is 9.55 Å². The highest BCUT2D eigenvalue weighted by Crippen LogP contribution is 2.31. The van der Waals surface area contributed by atoms with Crippen molar-refractivity contribution in [1.29, 1.82) is 0 Å². The second kappa shape index (κ2) is 6.24. The molecule has 21 heavy (non-hydrogen) atoms. The predicted octanol–water partition coefficient (Wildman–Crippen LogP) is 4.60. The lowest BCUT2D eigenvalue weighted by molar-refractivity contribution is 0.151. The second-order valence-corrected chi connectivity index (χ2v) is 5.40. The molecule has 0 amide bonds. The number of benzene rings is 1. The van der Waals surface area contributed by atoms with Gasteiger partial charge in [-0.25, -0.2) is 13.8 Å². The molecule has 0 radical (unpaired) electrons. The van der Waals surface area contributed by atoms with Gasteiger partial charge in [-0.2, -0.15) is 0 Å². The molecule has 1 aromatic heterocycles. The molecule has 0 bridgehead atoms. The Morgan fingerprint density at radius 2 is 2.00 bits per heavy atom. The van der Waals surface area contributed by atoms with Gasteiger partial charge in [0.1, 0.15) is 17.3 Å². The highest BCUT2D eigenvalue weighted by Gasteiger charge is 2.18. The lowest BCUT2D eigenvalue weighted by Gasteiger charge is -2.13. The van der Waals surface area contributed by atoms with Crippen LogP contribution in [0.2, 0.25) is 0 Å². The fourth-order valence-electron chi connectivity index (χ4n) is 2.50. The quantitative estimate of drug-likeness (QED) is 0.875. The Morgan fingerprint density at radius 3 is 2.57 bits per heavy atom. The van der Waals surface area contributed by atoms with Gasteiger partial charge < -0.3 is 10.3 Å². The summed E-state index contributed by atoms with van der Waals surface area (Å²) in [5, 5.41) is 0. The van der Waals surface area contributed by atoms with E-state index >= 15 is 0 Å². The molecule has 0 fully saturated rings. The van der Waals surface area contributed by atoms with Crippen molar-refractivity contribution in [2.45, 2.75) is 46.1 Å². The maximum absolute atomic E-state index is 12.8. The van der Waals surface area contributed by atoms with Crippen LogP contribution in [0.5, 0.6) is 0 Å². The van der Waals surface area contributed by atoms with Gasteiger partial charge in [-0.1, -0.05) is 25.1 Å². The van der Waals surface area contributed by atoms with Crippen LogP contribution in [0, 0.1) is 0 Å². The number of anilines is 1. The smallest absolute Gasteiger partial charge is 0.263 e. The average molecular weight is 293 g/mol. The third-order valence-electron chi connectivity index (χ3n) is 3.42. The van der Waals surface area contributed by atoms with Gasteiger partial charge in [-0.15, -0.1) is 0 Å². The summed E-state index contributed by atoms with van der Waals surface area (Å²) in [7, 11) is 0. The van der Waals surface area contributed by atoms with Crippen LogP contribution >= 0.6 is 0 Å². The van der Waals surface area contributed by atoms with Crippen molar-refractivity contribution in [3.8, 4) is 11.3 Å². The monoisotopic (exact) mass is 293 g/mol. The molecular weight excluding hydrogens is 272 g/mol. The third-order valence-corrected chi connectivity index (χ3v) is 3.42. The molecule has 1 heterocycles. The number of nitrogens with two attached hydrogens (primary N) is 1. The van der Waals surface area contributed by atoms with Crippen LogP contribution in [0.4, 0.5) is 14.6 Å². The lowest BCUT2D eigenvalue weighted by atomic mass is 10.1. The molecule has 1 aromatic carbocycles. The van der Waals surface area contributed by atoms with Gasteiger partial charge in [0.05, 0.1) is 0 Å². The summed E-state index contributed by atoms with van der Waals surface area (Å²) in [6.07, 6.45) is -0.718. The van der Waals surface area contributed by atoms with Gasteiger partial charge in [0.15, 0.2) is 0 Å². The van der Waals surface area contributed by atoms with Crippen LogP contribution in [0.3, 0.4) is 0 Å². The van der Waals surface area contributed by atoms with Crippen LogP contribution in [0.15, 0.2) is 24.3 Å². The molecule has 2 rings (SSSR count). The van der Waals surface area contributed by atoms with Crippen LogP contribution in [0.1, 0.15) is 51.0 Å². The number of hydrogen-bond acceptors (Lipinski definition) is 2. The second-order valence-electron chi connectivity index (χ2n) is 5.40. The number of nitrogens with zero attached hydrogens (tertiary/aromatic N) is 2. The zero-order valence-electron chi connectivity index (χ0n) is 12.6. The van der Waals surface area contributed by atoms with E-state index in [0.717, 1.165) is 18.7 Å². The minimum Gasteiger partial charge on any atom is -0.383 e. The van der Waals surface area contributed by atoms with E-state index in [4.69, 9.17) is 5.73 Å². The SMILES string of the molecule is CCCc1nc(-c2cccc(C(F)F)c2)c(N)n1C(C)C. The standard InChI is InChI=1S/C16H21F2N3/c1-4-6-13-20-14(16(19)21(13)10(2)3)11-7-5-8-12(9-11)15(17)18/h5,7-10,15H,4,6,19H2,1-3H3. The summed E-state index contributed by atoms with van der Waals surface area (Å²) < 4.78 is 27.7. The molecule has 0 aliphatic heterocycles. The van der Waals surface area contributed by atoms with E-state index in [9.17, 15) is 8.78 Å². The molecule has 2 N–H and O–H groups in total. The number of rotatable bonds is 5. The Morgan fingerprint density at radius 1 is 1.29 bits per heavy atom. The molecule has 2 aromatic rings. The number of imidazole rings is 1. The van der Waals surface area contributed by atoms with Crippen molar-refractivity contribution in [3.63, 3.8) is 0 Å². The summed E-state index contributed by atoms with van der Waals surface area (Å²) in [5.41, 5.74) is 7.43. The van der Waals surface area contributed by atoms with E-state index in [1.807, 2.05) is 18.4 Å². The largest absolute Gasteiger partial charge is 0.383 e. The molecule has 0 saturated heterocycles. The first kappa shape index (κ1) is 15.5. The summed E-state index contributed by atoms with van der Waals surface area (Å²) >= 11 is 0. The number of aromatic nitrogens is 2. The van der Waals surface area contributed by atoms with Gasteiger partial charge in [-0.3, -0.25) is 0 Å². The highest BCUT2D eigenvalue weighted by atomic mass is 19.3. The van der Waals surface area contributed by atoms with Crippen molar-refractivity contribution in [1.82, 2.24) is 9.55 Å². The maximum Gasteiger partial charge on any atom is 0.263 e. The number of hydrogen-bond donors (Lipinski definition) is 1. The van der Waals surface area contributed by atoms with Gasteiger partial charge in [-0.05, 0) is 26.3 Å². The molecule has 0 atom stereocenters.